The minimum absolute atomic E-state index is 0.0417. The lowest BCUT2D eigenvalue weighted by Crippen LogP contribution is -2.38. The number of carbonyl (C=O) groups is 2. The molecule has 2 heterocycles. The first-order chi connectivity index (χ1) is 19.6. The molecule has 0 fully saturated rings. The molecule has 1 aliphatic carbocycles. The lowest BCUT2D eigenvalue weighted by Gasteiger charge is -2.38. The van der Waals surface area contributed by atoms with Gasteiger partial charge < -0.3 is 11.1 Å². The molecular weight excluding hydrogens is 580 g/mol. The first-order valence-corrected chi connectivity index (χ1v) is 14.0. The second-order valence-electron chi connectivity index (χ2n) is 9.26. The van der Waals surface area contributed by atoms with E-state index >= 15 is 0 Å². The number of nitriles is 1. The summed E-state index contributed by atoms with van der Waals surface area (Å²) in [6.07, 6.45) is 1.42. The van der Waals surface area contributed by atoms with E-state index in [1.807, 2.05) is 36.5 Å². The van der Waals surface area contributed by atoms with Crippen molar-refractivity contribution >= 4 is 45.6 Å². The number of benzene rings is 2. The number of rotatable bonds is 6. The smallest absolute Gasteiger partial charge is 0.234 e. The highest BCUT2D eigenvalue weighted by Crippen LogP contribution is 2.47. The van der Waals surface area contributed by atoms with Crippen molar-refractivity contribution in [2.45, 2.75) is 36.4 Å². The van der Waals surface area contributed by atoms with Crippen LogP contribution in [0.2, 0.25) is 0 Å². The Kier molecular flexibility index (Phi) is 7.83. The van der Waals surface area contributed by atoms with E-state index < -0.39 is 46.5 Å². The molecule has 41 heavy (non-hydrogen) atoms. The fraction of sp³-hybridized carbons (Fsp3) is 0.222. The van der Waals surface area contributed by atoms with Gasteiger partial charge in [-0.2, -0.15) is 5.26 Å². The Morgan fingerprint density at radius 2 is 1.85 bits per heavy atom. The standard InChI is InChI=1S/C27H20F4N6O2S2/c1-12-5-7-13(8-6-12)20-14(10-32)25(33)37(17-3-2-4-18(38)21(17)20)26-35-36-27(41-26)40-11-19(39)34-24-22(30)15(28)9-16(29)23(24)31/h5-9,20H,2-4,11,33H2,1H3,(H,34,39). The van der Waals surface area contributed by atoms with Gasteiger partial charge in [-0.15, -0.1) is 10.2 Å². The van der Waals surface area contributed by atoms with Gasteiger partial charge in [0.25, 0.3) is 0 Å². The van der Waals surface area contributed by atoms with Crippen molar-refractivity contribution in [3.63, 3.8) is 0 Å². The monoisotopic (exact) mass is 600 g/mol. The Labute approximate surface area is 239 Å². The number of thioether (sulfide) groups is 1. The lowest BCUT2D eigenvalue weighted by molar-refractivity contribution is -0.116. The average Bonchev–Trinajstić information content (AvgIpc) is 3.41. The highest BCUT2D eigenvalue weighted by Gasteiger charge is 2.41. The van der Waals surface area contributed by atoms with Crippen LogP contribution in [0.15, 0.2) is 57.3 Å². The summed E-state index contributed by atoms with van der Waals surface area (Å²) in [5.41, 5.74) is 8.36. The van der Waals surface area contributed by atoms with Crippen LogP contribution in [0.25, 0.3) is 0 Å². The summed E-state index contributed by atoms with van der Waals surface area (Å²) in [5, 5.41) is 20.4. The number of nitrogens with one attached hydrogen (secondary N) is 1. The number of hydrogen-bond acceptors (Lipinski definition) is 9. The number of hydrogen-bond donors (Lipinski definition) is 2. The number of aryl methyl sites for hydroxylation is 1. The maximum absolute atomic E-state index is 13.9. The summed E-state index contributed by atoms with van der Waals surface area (Å²) >= 11 is 1.88. The maximum atomic E-state index is 13.9. The number of halogens is 4. The topological polar surface area (TPSA) is 125 Å². The molecule has 3 aromatic rings. The summed E-state index contributed by atoms with van der Waals surface area (Å²) in [4.78, 5) is 27.0. The van der Waals surface area contributed by atoms with E-state index in [0.29, 0.717) is 30.5 Å². The highest BCUT2D eigenvalue weighted by molar-refractivity contribution is 8.01. The normalized spacial score (nSPS) is 17.0. The fourth-order valence-electron chi connectivity index (χ4n) is 4.73. The number of carbonyl (C=O) groups excluding carboxylic acids is 2. The van der Waals surface area contributed by atoms with Gasteiger partial charge in [-0.1, -0.05) is 52.9 Å². The van der Waals surface area contributed by atoms with Crippen molar-refractivity contribution < 1.29 is 27.2 Å². The third-order valence-corrected chi connectivity index (χ3v) is 8.66. The van der Waals surface area contributed by atoms with E-state index in [-0.39, 0.29) is 32.7 Å². The van der Waals surface area contributed by atoms with E-state index in [2.05, 4.69) is 16.3 Å². The van der Waals surface area contributed by atoms with Gasteiger partial charge in [-0.3, -0.25) is 14.5 Å². The van der Waals surface area contributed by atoms with Crippen LogP contribution in [0.4, 0.5) is 28.4 Å². The number of nitrogens with zero attached hydrogens (tertiary/aromatic N) is 4. The van der Waals surface area contributed by atoms with Crippen molar-refractivity contribution in [2.24, 2.45) is 5.73 Å². The van der Waals surface area contributed by atoms with Gasteiger partial charge >= 0.3 is 0 Å². The summed E-state index contributed by atoms with van der Waals surface area (Å²) < 4.78 is 54.9. The quantitative estimate of drug-likeness (QED) is 0.218. The molecule has 0 saturated carbocycles. The Hall–Kier alpha value is -4.22. The minimum Gasteiger partial charge on any atom is -0.384 e. The van der Waals surface area contributed by atoms with Crippen LogP contribution in [0.5, 0.6) is 0 Å². The molecule has 2 aliphatic rings. The van der Waals surface area contributed by atoms with Gasteiger partial charge in [0.2, 0.25) is 11.0 Å². The Balaban J connectivity index is 1.41. The molecule has 14 heteroatoms. The predicted molar refractivity (Wildman–Crippen MR) is 145 cm³/mol. The molecule has 1 atom stereocenters. The number of aromatic nitrogens is 2. The Morgan fingerprint density at radius 3 is 2.51 bits per heavy atom. The second kappa shape index (κ2) is 11.3. The minimum atomic E-state index is -1.73. The molecule has 5 rings (SSSR count). The van der Waals surface area contributed by atoms with Crippen LogP contribution in [0.3, 0.4) is 0 Å². The number of allylic oxidation sites excluding steroid dienone is 3. The third kappa shape index (κ3) is 5.30. The number of nitrogens with two attached hydrogens (primary N) is 1. The predicted octanol–water partition coefficient (Wildman–Crippen LogP) is 5.44. The zero-order valence-electron chi connectivity index (χ0n) is 21.3. The van der Waals surface area contributed by atoms with Crippen LogP contribution in [0.1, 0.15) is 36.3 Å². The van der Waals surface area contributed by atoms with E-state index in [9.17, 15) is 32.4 Å². The number of anilines is 2. The summed E-state index contributed by atoms with van der Waals surface area (Å²) in [6, 6.07) is 9.75. The molecule has 0 spiro atoms. The Bertz CT molecular complexity index is 1650. The van der Waals surface area contributed by atoms with Crippen molar-refractivity contribution in [1.82, 2.24) is 10.2 Å². The number of amides is 1. The molecule has 0 bridgehead atoms. The second-order valence-corrected chi connectivity index (χ2v) is 11.4. The molecule has 210 valence electrons. The fourth-order valence-corrected chi connectivity index (χ4v) is 6.41. The van der Waals surface area contributed by atoms with Crippen LogP contribution in [0, 0.1) is 41.5 Å². The van der Waals surface area contributed by atoms with Crippen molar-refractivity contribution in [2.75, 3.05) is 16.0 Å². The van der Waals surface area contributed by atoms with Crippen molar-refractivity contribution in [3.05, 3.63) is 87.4 Å². The first-order valence-electron chi connectivity index (χ1n) is 12.2. The number of Topliss-reactive ketones (excluding diaryl/α,β-unsaturated/α-hetero) is 1. The zero-order valence-corrected chi connectivity index (χ0v) is 22.9. The summed E-state index contributed by atoms with van der Waals surface area (Å²) in [7, 11) is 0. The molecular formula is C27H20F4N6O2S2. The molecule has 8 nitrogen and oxygen atoms in total. The molecule has 0 saturated heterocycles. The van der Waals surface area contributed by atoms with Gasteiger partial charge in [0.1, 0.15) is 11.5 Å². The molecule has 2 aromatic carbocycles. The van der Waals surface area contributed by atoms with E-state index in [0.717, 1.165) is 34.2 Å². The molecule has 0 radical (unpaired) electrons. The SMILES string of the molecule is Cc1ccc(C2C(C#N)=C(N)N(c3nnc(SCC(=O)Nc4c(F)c(F)cc(F)c4F)s3)C3=C2C(=O)CCC3)cc1. The summed E-state index contributed by atoms with van der Waals surface area (Å²) in [6.45, 7) is 1.94. The van der Waals surface area contributed by atoms with Crippen LogP contribution in [-0.2, 0) is 9.59 Å². The van der Waals surface area contributed by atoms with Crippen LogP contribution >= 0.6 is 23.1 Å². The van der Waals surface area contributed by atoms with Gasteiger partial charge in [-0.05, 0) is 25.3 Å². The largest absolute Gasteiger partial charge is 0.384 e. The molecule has 1 amide bonds. The third-order valence-electron chi connectivity index (χ3n) is 6.61. The molecule has 1 unspecified atom stereocenters. The maximum Gasteiger partial charge on any atom is 0.234 e. The van der Waals surface area contributed by atoms with E-state index in [1.165, 1.54) is 4.90 Å². The van der Waals surface area contributed by atoms with E-state index in [4.69, 9.17) is 5.73 Å². The zero-order chi connectivity index (χ0) is 29.4. The summed E-state index contributed by atoms with van der Waals surface area (Å²) in [5.74, 6) is -8.72. The van der Waals surface area contributed by atoms with Gasteiger partial charge in [0.15, 0.2) is 33.4 Å². The van der Waals surface area contributed by atoms with Crippen molar-refractivity contribution in [3.8, 4) is 6.07 Å². The molecule has 3 N–H and O–H groups in total. The van der Waals surface area contributed by atoms with Crippen LogP contribution < -0.4 is 16.0 Å². The van der Waals surface area contributed by atoms with Gasteiger partial charge in [0.05, 0.1) is 23.3 Å². The first kappa shape index (κ1) is 28.3. The van der Waals surface area contributed by atoms with E-state index in [1.54, 1.807) is 0 Å². The van der Waals surface area contributed by atoms with Gasteiger partial charge in [-0.25, -0.2) is 17.6 Å². The molecule has 1 aliphatic heterocycles. The highest BCUT2D eigenvalue weighted by atomic mass is 32.2. The Morgan fingerprint density at radius 1 is 1.17 bits per heavy atom. The van der Waals surface area contributed by atoms with Crippen LogP contribution in [-0.4, -0.2) is 27.6 Å². The lowest BCUT2D eigenvalue weighted by atomic mass is 9.75. The molecule has 1 aromatic heterocycles. The average molecular weight is 601 g/mol. The van der Waals surface area contributed by atoms with Crippen molar-refractivity contribution in [1.29, 1.82) is 5.26 Å². The number of ketones is 1. The van der Waals surface area contributed by atoms with Gasteiger partial charge in [0, 0.05) is 23.8 Å².